The van der Waals surface area contributed by atoms with Gasteiger partial charge in [0.25, 0.3) is 5.91 Å². The molecule has 0 bridgehead atoms. The number of carbonyl (C=O) groups is 1. The van der Waals surface area contributed by atoms with Gasteiger partial charge < -0.3 is 5.32 Å². The molecule has 3 rings (SSSR count). The van der Waals surface area contributed by atoms with E-state index in [2.05, 4.69) is 58.3 Å². The van der Waals surface area contributed by atoms with E-state index in [4.69, 9.17) is 0 Å². The van der Waals surface area contributed by atoms with Gasteiger partial charge in [0, 0.05) is 25.4 Å². The summed E-state index contributed by atoms with van der Waals surface area (Å²) in [7, 11) is 0. The molecule has 0 unspecified atom stereocenters. The Bertz CT molecular complexity index is 751. The summed E-state index contributed by atoms with van der Waals surface area (Å²) in [6, 6.07) is 8.68. The van der Waals surface area contributed by atoms with E-state index in [1.165, 1.54) is 24.0 Å². The summed E-state index contributed by atoms with van der Waals surface area (Å²) in [6.07, 6.45) is 6.43. The third-order valence-corrected chi connectivity index (χ3v) is 5.55. The van der Waals surface area contributed by atoms with Gasteiger partial charge in [0.1, 0.15) is 5.82 Å². The maximum atomic E-state index is 12.6. The van der Waals surface area contributed by atoms with Crippen LogP contribution in [0.3, 0.4) is 0 Å². The van der Waals surface area contributed by atoms with Crippen LogP contribution >= 0.6 is 0 Å². The number of likely N-dealkylation sites (tertiary alicyclic amines) is 1. The topological polar surface area (TPSA) is 58.1 Å². The van der Waals surface area contributed by atoms with Crippen LogP contribution in [0.1, 0.15) is 60.0 Å². The first-order valence-electron chi connectivity index (χ1n) is 9.97. The van der Waals surface area contributed by atoms with Crippen LogP contribution in [0.25, 0.3) is 0 Å². The van der Waals surface area contributed by atoms with E-state index in [0.29, 0.717) is 12.1 Å². The molecule has 1 aromatic carbocycles. The molecule has 0 saturated carbocycles. The van der Waals surface area contributed by atoms with E-state index in [1.54, 1.807) is 12.4 Å². The lowest BCUT2D eigenvalue weighted by Crippen LogP contribution is -2.42. The van der Waals surface area contributed by atoms with Crippen molar-refractivity contribution in [3.05, 3.63) is 59.2 Å². The lowest BCUT2D eigenvalue weighted by atomic mass is 9.94. The molecule has 5 nitrogen and oxygen atoms in total. The fourth-order valence-corrected chi connectivity index (χ4v) is 3.68. The Labute approximate surface area is 162 Å². The first-order chi connectivity index (χ1) is 13.1. The van der Waals surface area contributed by atoms with E-state index < -0.39 is 0 Å². The highest BCUT2D eigenvalue weighted by molar-refractivity contribution is 5.93. The quantitative estimate of drug-likeness (QED) is 0.849. The summed E-state index contributed by atoms with van der Waals surface area (Å²) in [4.78, 5) is 23.6. The Morgan fingerprint density at radius 3 is 2.52 bits per heavy atom. The third kappa shape index (κ3) is 4.92. The fourth-order valence-electron chi connectivity index (χ4n) is 3.68. The van der Waals surface area contributed by atoms with Crippen LogP contribution < -0.4 is 5.32 Å². The predicted molar refractivity (Wildman–Crippen MR) is 108 cm³/mol. The largest absolute Gasteiger partial charge is 0.350 e. The number of piperidine rings is 1. The fraction of sp³-hybridized carbons (Fsp3) is 0.500. The van der Waals surface area contributed by atoms with Crippen molar-refractivity contribution in [3.63, 3.8) is 0 Å². The van der Waals surface area contributed by atoms with E-state index in [9.17, 15) is 4.79 Å². The van der Waals surface area contributed by atoms with Gasteiger partial charge in [-0.1, -0.05) is 38.1 Å². The molecule has 5 heteroatoms. The highest BCUT2D eigenvalue weighted by atomic mass is 16.1. The van der Waals surface area contributed by atoms with Gasteiger partial charge in [-0.25, -0.2) is 9.97 Å². The van der Waals surface area contributed by atoms with Crippen LogP contribution in [0, 0.1) is 12.8 Å². The zero-order valence-corrected chi connectivity index (χ0v) is 16.6. The summed E-state index contributed by atoms with van der Waals surface area (Å²) in [6.45, 7) is 9.21. The Morgan fingerprint density at radius 2 is 1.89 bits per heavy atom. The number of rotatable bonds is 6. The van der Waals surface area contributed by atoms with E-state index in [1.807, 2.05) is 6.92 Å². The van der Waals surface area contributed by atoms with Crippen molar-refractivity contribution in [1.29, 1.82) is 0 Å². The lowest BCUT2D eigenvalue weighted by molar-refractivity contribution is 0.0911. The Morgan fingerprint density at radius 1 is 1.22 bits per heavy atom. The number of hydrogen-bond donors (Lipinski definition) is 1. The summed E-state index contributed by atoms with van der Waals surface area (Å²) in [5.41, 5.74) is 3.08. The van der Waals surface area contributed by atoms with Crippen molar-refractivity contribution in [2.75, 3.05) is 19.6 Å². The number of nitrogens with zero attached hydrogens (tertiary/aromatic N) is 3. The molecule has 1 aliphatic heterocycles. The zero-order chi connectivity index (χ0) is 19.2. The molecule has 1 aliphatic rings. The number of aromatic nitrogens is 2. The number of nitrogens with one attached hydrogen (secondary N) is 1. The first kappa shape index (κ1) is 19.5. The van der Waals surface area contributed by atoms with Crippen LogP contribution in [0.15, 0.2) is 36.7 Å². The molecular formula is C22H30N4O. The number of hydrogen-bond acceptors (Lipinski definition) is 4. The van der Waals surface area contributed by atoms with Crippen molar-refractivity contribution >= 4 is 5.91 Å². The molecule has 0 aliphatic carbocycles. The monoisotopic (exact) mass is 366 g/mol. The standard InChI is InChI=1S/C22H30N4O/c1-4-21-23-13-18(14-24-21)22(27)25-15-20(19-8-6-5-7-17(19)3)26-11-9-16(2)10-12-26/h5-8,13-14,16,20H,4,9-12,15H2,1-3H3,(H,25,27)/t20-/m1/s1. The predicted octanol–water partition coefficient (Wildman–Crippen LogP) is 3.55. The zero-order valence-electron chi connectivity index (χ0n) is 16.6. The van der Waals surface area contributed by atoms with E-state index in [0.717, 1.165) is 31.3 Å². The normalized spacial score (nSPS) is 16.9. The molecule has 1 aromatic heterocycles. The van der Waals surface area contributed by atoms with Gasteiger partial charge >= 0.3 is 0 Å². The molecule has 1 saturated heterocycles. The minimum absolute atomic E-state index is 0.110. The summed E-state index contributed by atoms with van der Waals surface area (Å²) in [5.74, 6) is 1.43. The lowest BCUT2D eigenvalue weighted by Gasteiger charge is -2.37. The average Bonchev–Trinajstić information content (AvgIpc) is 2.70. The highest BCUT2D eigenvalue weighted by Crippen LogP contribution is 2.28. The van der Waals surface area contributed by atoms with Crippen LogP contribution in [0.2, 0.25) is 0 Å². The van der Waals surface area contributed by atoms with Gasteiger partial charge in [-0.15, -0.1) is 0 Å². The van der Waals surface area contributed by atoms with Crippen LogP contribution in [-0.4, -0.2) is 40.4 Å². The smallest absolute Gasteiger partial charge is 0.254 e. The number of amides is 1. The van der Waals surface area contributed by atoms with Gasteiger partial charge in [-0.2, -0.15) is 0 Å². The van der Waals surface area contributed by atoms with Crippen molar-refractivity contribution in [2.45, 2.75) is 46.1 Å². The molecule has 0 radical (unpaired) electrons. The van der Waals surface area contributed by atoms with Crippen LogP contribution in [0.4, 0.5) is 0 Å². The second kappa shape index (κ2) is 9.09. The number of carbonyl (C=O) groups excluding carboxylic acids is 1. The molecule has 1 atom stereocenters. The van der Waals surface area contributed by atoms with E-state index >= 15 is 0 Å². The minimum Gasteiger partial charge on any atom is -0.350 e. The maximum absolute atomic E-state index is 12.6. The molecule has 2 aromatic rings. The molecule has 2 heterocycles. The molecular weight excluding hydrogens is 336 g/mol. The van der Waals surface area contributed by atoms with Gasteiger partial charge in [0.05, 0.1) is 11.6 Å². The Kier molecular flexibility index (Phi) is 6.56. The Hall–Kier alpha value is -2.27. The van der Waals surface area contributed by atoms with Gasteiger partial charge in [-0.3, -0.25) is 9.69 Å². The summed E-state index contributed by atoms with van der Waals surface area (Å²) >= 11 is 0. The van der Waals surface area contributed by atoms with Crippen molar-refractivity contribution < 1.29 is 4.79 Å². The third-order valence-electron chi connectivity index (χ3n) is 5.55. The Balaban J connectivity index is 1.73. The van der Waals surface area contributed by atoms with Crippen molar-refractivity contribution in [1.82, 2.24) is 20.2 Å². The van der Waals surface area contributed by atoms with Crippen molar-refractivity contribution in [2.24, 2.45) is 5.92 Å². The molecule has 1 fully saturated rings. The molecule has 27 heavy (non-hydrogen) atoms. The first-order valence-corrected chi connectivity index (χ1v) is 9.97. The molecule has 1 amide bonds. The second-order valence-electron chi connectivity index (χ2n) is 7.54. The summed E-state index contributed by atoms with van der Waals surface area (Å²) < 4.78 is 0. The van der Waals surface area contributed by atoms with Crippen LogP contribution in [-0.2, 0) is 6.42 Å². The minimum atomic E-state index is -0.110. The van der Waals surface area contributed by atoms with Gasteiger partial charge in [0.2, 0.25) is 0 Å². The highest BCUT2D eigenvalue weighted by Gasteiger charge is 2.26. The number of aryl methyl sites for hydroxylation is 2. The van der Waals surface area contributed by atoms with Crippen molar-refractivity contribution in [3.8, 4) is 0 Å². The maximum Gasteiger partial charge on any atom is 0.254 e. The molecule has 1 N–H and O–H groups in total. The van der Waals surface area contributed by atoms with E-state index in [-0.39, 0.29) is 11.9 Å². The second-order valence-corrected chi connectivity index (χ2v) is 7.54. The SMILES string of the molecule is CCc1ncc(C(=O)NC[C@H](c2ccccc2C)N2CCC(C)CC2)cn1. The molecule has 144 valence electrons. The van der Waals surface area contributed by atoms with Gasteiger partial charge in [0.15, 0.2) is 0 Å². The van der Waals surface area contributed by atoms with Crippen LogP contribution in [0.5, 0.6) is 0 Å². The van der Waals surface area contributed by atoms with Gasteiger partial charge in [-0.05, 0) is 49.9 Å². The summed E-state index contributed by atoms with van der Waals surface area (Å²) in [5, 5.41) is 3.11. The molecule has 0 spiro atoms. The number of benzene rings is 1. The average molecular weight is 367 g/mol.